The molecule has 1 fully saturated rings. The van der Waals surface area contributed by atoms with Crippen LogP contribution in [0, 0.1) is 5.92 Å². The molecular formula is C15H26N2O. The summed E-state index contributed by atoms with van der Waals surface area (Å²) >= 11 is 0. The molecule has 1 aromatic rings. The third-order valence-corrected chi connectivity index (χ3v) is 3.96. The van der Waals surface area contributed by atoms with E-state index in [1.54, 1.807) is 6.26 Å². The largest absolute Gasteiger partial charge is 0.469 e. The van der Waals surface area contributed by atoms with Crippen LogP contribution in [0.4, 0.5) is 0 Å². The van der Waals surface area contributed by atoms with Crippen LogP contribution in [-0.4, -0.2) is 36.6 Å². The Hall–Kier alpha value is -0.800. The van der Waals surface area contributed by atoms with E-state index < -0.39 is 0 Å². The third kappa shape index (κ3) is 3.59. The molecule has 1 saturated heterocycles. The Morgan fingerprint density at radius 1 is 1.44 bits per heavy atom. The average Bonchev–Trinajstić information content (AvgIpc) is 2.70. The molecule has 0 radical (unpaired) electrons. The molecule has 2 heterocycles. The molecule has 3 heteroatoms. The van der Waals surface area contributed by atoms with Gasteiger partial charge in [0.25, 0.3) is 0 Å². The Bertz CT molecular complexity index is 334. The van der Waals surface area contributed by atoms with Crippen LogP contribution in [-0.2, 0) is 6.42 Å². The number of nitrogens with zero attached hydrogens (tertiary/aromatic N) is 1. The molecule has 1 aliphatic heterocycles. The van der Waals surface area contributed by atoms with Crippen LogP contribution in [0.2, 0.25) is 0 Å². The van der Waals surface area contributed by atoms with E-state index in [0.29, 0.717) is 18.0 Å². The monoisotopic (exact) mass is 250 g/mol. The Morgan fingerprint density at radius 3 is 2.94 bits per heavy atom. The van der Waals surface area contributed by atoms with Crippen LogP contribution in [0.3, 0.4) is 0 Å². The molecule has 2 rings (SSSR count). The van der Waals surface area contributed by atoms with Gasteiger partial charge in [-0.25, -0.2) is 0 Å². The van der Waals surface area contributed by atoms with E-state index >= 15 is 0 Å². The van der Waals surface area contributed by atoms with E-state index in [1.807, 2.05) is 6.07 Å². The molecule has 1 N–H and O–H groups in total. The summed E-state index contributed by atoms with van der Waals surface area (Å²) in [5.41, 5.74) is 0. The Morgan fingerprint density at radius 2 is 2.28 bits per heavy atom. The van der Waals surface area contributed by atoms with E-state index in [0.717, 1.165) is 25.3 Å². The number of rotatable bonds is 4. The van der Waals surface area contributed by atoms with Gasteiger partial charge >= 0.3 is 0 Å². The highest BCUT2D eigenvalue weighted by Gasteiger charge is 2.23. The first-order chi connectivity index (χ1) is 8.66. The molecule has 2 unspecified atom stereocenters. The normalized spacial score (nSPS) is 24.1. The molecule has 3 nitrogen and oxygen atoms in total. The predicted octanol–water partition coefficient (Wildman–Crippen LogP) is 2.53. The Balaban J connectivity index is 1.93. The SMILES string of the molecule is CC(C)C1CN(C(C)Cc2ccco2)CCCN1. The maximum absolute atomic E-state index is 5.46. The Labute approximate surface area is 111 Å². The lowest BCUT2D eigenvalue weighted by atomic mass is 10.0. The number of hydrogen-bond acceptors (Lipinski definition) is 3. The molecule has 1 aliphatic rings. The zero-order chi connectivity index (χ0) is 13.0. The summed E-state index contributed by atoms with van der Waals surface area (Å²) in [6, 6.07) is 5.22. The van der Waals surface area contributed by atoms with Gasteiger partial charge in [-0.05, 0) is 44.5 Å². The minimum absolute atomic E-state index is 0.553. The van der Waals surface area contributed by atoms with Crippen molar-refractivity contribution in [1.29, 1.82) is 0 Å². The fourth-order valence-corrected chi connectivity index (χ4v) is 2.67. The summed E-state index contributed by atoms with van der Waals surface area (Å²) in [7, 11) is 0. The molecule has 18 heavy (non-hydrogen) atoms. The first-order valence-corrected chi connectivity index (χ1v) is 7.16. The summed E-state index contributed by atoms with van der Waals surface area (Å²) in [6.45, 7) is 10.4. The summed E-state index contributed by atoms with van der Waals surface area (Å²) in [5.74, 6) is 1.79. The molecule has 1 aromatic heterocycles. The van der Waals surface area contributed by atoms with Crippen molar-refractivity contribution in [2.24, 2.45) is 5.92 Å². The molecular weight excluding hydrogens is 224 g/mol. The molecule has 0 bridgehead atoms. The highest BCUT2D eigenvalue weighted by molar-refractivity contribution is 5.00. The van der Waals surface area contributed by atoms with Crippen molar-refractivity contribution in [3.8, 4) is 0 Å². The van der Waals surface area contributed by atoms with Crippen molar-refractivity contribution in [3.63, 3.8) is 0 Å². The molecule has 2 atom stereocenters. The minimum atomic E-state index is 0.553. The maximum atomic E-state index is 5.46. The fourth-order valence-electron chi connectivity index (χ4n) is 2.67. The lowest BCUT2D eigenvalue weighted by Crippen LogP contribution is -2.44. The van der Waals surface area contributed by atoms with Gasteiger partial charge in [-0.15, -0.1) is 0 Å². The van der Waals surface area contributed by atoms with E-state index in [4.69, 9.17) is 4.42 Å². The molecule has 0 saturated carbocycles. The van der Waals surface area contributed by atoms with Gasteiger partial charge in [0.1, 0.15) is 5.76 Å². The number of hydrogen-bond donors (Lipinski definition) is 1. The minimum Gasteiger partial charge on any atom is -0.469 e. The number of nitrogens with one attached hydrogen (secondary N) is 1. The van der Waals surface area contributed by atoms with Crippen molar-refractivity contribution < 1.29 is 4.42 Å². The third-order valence-electron chi connectivity index (χ3n) is 3.96. The Kier molecular flexibility index (Phi) is 4.84. The lowest BCUT2D eigenvalue weighted by molar-refractivity contribution is 0.185. The second kappa shape index (κ2) is 6.39. The molecule has 0 amide bonds. The van der Waals surface area contributed by atoms with Gasteiger partial charge in [0.2, 0.25) is 0 Å². The van der Waals surface area contributed by atoms with Crippen LogP contribution in [0.1, 0.15) is 33.0 Å². The van der Waals surface area contributed by atoms with Crippen LogP contribution in [0.15, 0.2) is 22.8 Å². The van der Waals surface area contributed by atoms with Crippen LogP contribution >= 0.6 is 0 Å². The first kappa shape index (κ1) is 13.6. The summed E-state index contributed by atoms with van der Waals surface area (Å²) < 4.78 is 5.46. The van der Waals surface area contributed by atoms with Crippen LogP contribution < -0.4 is 5.32 Å². The van der Waals surface area contributed by atoms with Crippen molar-refractivity contribution in [1.82, 2.24) is 10.2 Å². The second-order valence-corrected chi connectivity index (χ2v) is 5.79. The zero-order valence-electron chi connectivity index (χ0n) is 11.9. The van der Waals surface area contributed by atoms with E-state index in [-0.39, 0.29) is 0 Å². The predicted molar refractivity (Wildman–Crippen MR) is 74.7 cm³/mol. The van der Waals surface area contributed by atoms with Gasteiger partial charge < -0.3 is 9.73 Å². The molecule has 0 spiro atoms. The highest BCUT2D eigenvalue weighted by atomic mass is 16.3. The van der Waals surface area contributed by atoms with E-state index in [9.17, 15) is 0 Å². The lowest BCUT2D eigenvalue weighted by Gasteiger charge is -2.31. The van der Waals surface area contributed by atoms with E-state index in [1.165, 1.54) is 13.0 Å². The van der Waals surface area contributed by atoms with Gasteiger partial charge in [0.05, 0.1) is 6.26 Å². The summed E-state index contributed by atoms with van der Waals surface area (Å²) in [6.07, 6.45) is 4.02. The van der Waals surface area contributed by atoms with Gasteiger partial charge in [-0.2, -0.15) is 0 Å². The van der Waals surface area contributed by atoms with Gasteiger partial charge in [-0.3, -0.25) is 4.90 Å². The smallest absolute Gasteiger partial charge is 0.105 e. The quantitative estimate of drug-likeness (QED) is 0.890. The van der Waals surface area contributed by atoms with Crippen molar-refractivity contribution in [3.05, 3.63) is 24.2 Å². The molecule has 0 aromatic carbocycles. The first-order valence-electron chi connectivity index (χ1n) is 7.16. The molecule has 0 aliphatic carbocycles. The topological polar surface area (TPSA) is 28.4 Å². The highest BCUT2D eigenvalue weighted by Crippen LogP contribution is 2.14. The standard InChI is InChI=1S/C15H26N2O/c1-12(2)15-11-17(8-5-7-16-15)13(3)10-14-6-4-9-18-14/h4,6,9,12-13,15-16H,5,7-8,10-11H2,1-3H3. The van der Waals surface area contributed by atoms with Gasteiger partial charge in [-0.1, -0.05) is 13.8 Å². The van der Waals surface area contributed by atoms with Crippen molar-refractivity contribution in [2.75, 3.05) is 19.6 Å². The van der Waals surface area contributed by atoms with Crippen LogP contribution in [0.5, 0.6) is 0 Å². The summed E-state index contributed by atoms with van der Waals surface area (Å²) in [5, 5.41) is 3.66. The fraction of sp³-hybridized carbons (Fsp3) is 0.733. The van der Waals surface area contributed by atoms with Crippen molar-refractivity contribution >= 4 is 0 Å². The second-order valence-electron chi connectivity index (χ2n) is 5.79. The maximum Gasteiger partial charge on any atom is 0.105 e. The van der Waals surface area contributed by atoms with Gasteiger partial charge in [0, 0.05) is 25.0 Å². The van der Waals surface area contributed by atoms with Gasteiger partial charge in [0.15, 0.2) is 0 Å². The van der Waals surface area contributed by atoms with Crippen molar-refractivity contribution in [2.45, 2.75) is 45.7 Å². The molecule has 102 valence electrons. The summed E-state index contributed by atoms with van der Waals surface area (Å²) in [4.78, 5) is 2.60. The number of furan rings is 1. The van der Waals surface area contributed by atoms with E-state index in [2.05, 4.69) is 37.1 Å². The van der Waals surface area contributed by atoms with Crippen LogP contribution in [0.25, 0.3) is 0 Å². The average molecular weight is 250 g/mol. The zero-order valence-corrected chi connectivity index (χ0v) is 11.9.